The fourth-order valence-electron chi connectivity index (χ4n) is 5.33. The first-order valence-electron chi connectivity index (χ1n) is 15.9. The minimum Gasteiger partial charge on any atom is -0.497 e. The van der Waals surface area contributed by atoms with Crippen molar-refractivity contribution in [1.29, 1.82) is 0 Å². The molecule has 4 aromatic carbocycles. The van der Waals surface area contributed by atoms with E-state index in [1.165, 1.54) is 37.3 Å². The Hall–Kier alpha value is -4.83. The summed E-state index contributed by atoms with van der Waals surface area (Å²) in [5.41, 5.74) is 3.68. The zero-order chi connectivity index (χ0) is 34.8. The first-order chi connectivity index (χ1) is 22.9. The van der Waals surface area contributed by atoms with Gasteiger partial charge in [0, 0.05) is 25.6 Å². The molecule has 1 N–H and O–H groups in total. The molecular weight excluding hydrogens is 627 g/mol. The molecule has 0 saturated carbocycles. The zero-order valence-corrected chi connectivity index (χ0v) is 29.3. The summed E-state index contributed by atoms with van der Waals surface area (Å²) in [7, 11) is -1.40. The van der Waals surface area contributed by atoms with Crippen LogP contribution in [-0.4, -0.2) is 58.5 Å². The number of methoxy groups -OCH3 is 2. The van der Waals surface area contributed by atoms with Gasteiger partial charge in [0.15, 0.2) is 0 Å². The maximum atomic E-state index is 14.7. The number of nitrogens with zero attached hydrogens (tertiary/aromatic N) is 2. The number of carbonyl (C=O) groups is 2. The molecule has 4 aromatic rings. The highest BCUT2D eigenvalue weighted by Gasteiger charge is 2.36. The van der Waals surface area contributed by atoms with E-state index in [0.717, 1.165) is 26.6 Å². The number of hydrogen-bond donors (Lipinski definition) is 1. The second kappa shape index (κ2) is 16.3. The average Bonchev–Trinajstić information content (AvgIpc) is 3.07. The number of carbonyl (C=O) groups excluding carboxylic acids is 2. The van der Waals surface area contributed by atoms with Crippen LogP contribution >= 0.6 is 0 Å². The number of ether oxygens (including phenoxy) is 2. The Balaban J connectivity index is 1.86. The van der Waals surface area contributed by atoms with Gasteiger partial charge in [0.2, 0.25) is 11.8 Å². The minimum absolute atomic E-state index is 0.00604. The first kappa shape index (κ1) is 36.0. The van der Waals surface area contributed by atoms with Gasteiger partial charge < -0.3 is 19.7 Å². The Morgan fingerprint density at radius 2 is 1.48 bits per heavy atom. The van der Waals surface area contributed by atoms with Crippen LogP contribution < -0.4 is 19.1 Å². The monoisotopic (exact) mass is 671 g/mol. The summed E-state index contributed by atoms with van der Waals surface area (Å²) in [5.74, 6) is -0.0740. The predicted octanol–water partition coefficient (Wildman–Crippen LogP) is 5.93. The van der Waals surface area contributed by atoms with Gasteiger partial charge in [-0.25, -0.2) is 8.42 Å². The van der Waals surface area contributed by atoms with Gasteiger partial charge in [-0.05, 0) is 55.2 Å². The van der Waals surface area contributed by atoms with Gasteiger partial charge >= 0.3 is 0 Å². The van der Waals surface area contributed by atoms with E-state index in [4.69, 9.17) is 9.47 Å². The second-order valence-corrected chi connectivity index (χ2v) is 14.1. The van der Waals surface area contributed by atoms with Crippen molar-refractivity contribution < 1.29 is 27.5 Å². The molecule has 0 aliphatic heterocycles. The minimum atomic E-state index is -4.31. The summed E-state index contributed by atoms with van der Waals surface area (Å²) in [4.78, 5) is 30.2. The van der Waals surface area contributed by atoms with Gasteiger partial charge in [-0.15, -0.1) is 0 Å². The molecule has 0 spiro atoms. The van der Waals surface area contributed by atoms with Crippen LogP contribution in [0.4, 0.5) is 5.69 Å². The van der Waals surface area contributed by atoms with Crippen LogP contribution in [0.5, 0.6) is 11.5 Å². The Kier molecular flexibility index (Phi) is 12.2. The van der Waals surface area contributed by atoms with Crippen molar-refractivity contribution in [2.24, 2.45) is 5.92 Å². The van der Waals surface area contributed by atoms with Crippen LogP contribution in [0.3, 0.4) is 0 Å². The van der Waals surface area contributed by atoms with Gasteiger partial charge in [-0.2, -0.15) is 0 Å². The SMILES string of the molecule is COc1ccc(OC)c(N(CC(=O)N(Cc2cccc(C)c2)C(Cc2ccccc2)C(=O)NCC(C)C)S(=O)(=O)c2ccc(C)cc2)c1. The van der Waals surface area contributed by atoms with Crippen LogP contribution in [-0.2, 0) is 32.6 Å². The van der Waals surface area contributed by atoms with E-state index in [1.54, 1.807) is 24.3 Å². The molecule has 0 radical (unpaired) electrons. The standard InChI is InChI=1S/C38H45N3O6S/c1-27(2)24-39-38(43)35(22-30-12-8-7-9-13-30)40(25-31-14-10-11-29(4)21-31)37(42)26-41(34-23-32(46-5)17-20-36(34)47-6)48(44,45)33-18-15-28(3)16-19-33/h7-21,23,27,35H,22,24-26H2,1-6H3,(H,39,43). The maximum absolute atomic E-state index is 14.7. The van der Waals surface area contributed by atoms with Gasteiger partial charge in [0.25, 0.3) is 10.0 Å². The van der Waals surface area contributed by atoms with Crippen molar-refractivity contribution in [1.82, 2.24) is 10.2 Å². The topological polar surface area (TPSA) is 105 Å². The van der Waals surface area contributed by atoms with Crippen molar-refractivity contribution in [2.45, 2.75) is 51.6 Å². The lowest BCUT2D eigenvalue weighted by atomic mass is 10.0. The fraction of sp³-hybridized carbons (Fsp3) is 0.316. The number of benzene rings is 4. The van der Waals surface area contributed by atoms with E-state index in [0.29, 0.717) is 12.3 Å². The molecular formula is C38H45N3O6S. The van der Waals surface area contributed by atoms with Crippen molar-refractivity contribution in [3.05, 3.63) is 119 Å². The lowest BCUT2D eigenvalue weighted by molar-refractivity contribution is -0.140. The number of sulfonamides is 1. The van der Waals surface area contributed by atoms with Crippen molar-refractivity contribution in [2.75, 3.05) is 31.6 Å². The highest BCUT2D eigenvalue weighted by Crippen LogP contribution is 2.36. The molecule has 1 unspecified atom stereocenters. The van der Waals surface area contributed by atoms with Gasteiger partial charge in [0.1, 0.15) is 24.1 Å². The smallest absolute Gasteiger partial charge is 0.264 e. The molecule has 0 aromatic heterocycles. The molecule has 9 nitrogen and oxygen atoms in total. The van der Waals surface area contributed by atoms with E-state index >= 15 is 0 Å². The quantitative estimate of drug-likeness (QED) is 0.168. The van der Waals surface area contributed by atoms with Gasteiger partial charge in [0.05, 0.1) is 24.8 Å². The van der Waals surface area contributed by atoms with Crippen LogP contribution in [0.1, 0.15) is 36.1 Å². The number of anilines is 1. The number of aryl methyl sites for hydroxylation is 2. The zero-order valence-electron chi connectivity index (χ0n) is 28.5. The predicted molar refractivity (Wildman–Crippen MR) is 189 cm³/mol. The molecule has 48 heavy (non-hydrogen) atoms. The van der Waals surface area contributed by atoms with Gasteiger partial charge in [-0.1, -0.05) is 91.7 Å². The summed E-state index contributed by atoms with van der Waals surface area (Å²) in [6.45, 7) is 7.72. The normalized spacial score (nSPS) is 11.9. The highest BCUT2D eigenvalue weighted by molar-refractivity contribution is 7.92. The summed E-state index contributed by atoms with van der Waals surface area (Å²) in [6, 6.07) is 27.5. The molecule has 4 rings (SSSR count). The van der Waals surface area contributed by atoms with E-state index in [2.05, 4.69) is 5.32 Å². The molecule has 0 heterocycles. The largest absolute Gasteiger partial charge is 0.497 e. The van der Waals surface area contributed by atoms with Crippen LogP contribution in [0.2, 0.25) is 0 Å². The summed E-state index contributed by atoms with van der Waals surface area (Å²) >= 11 is 0. The Labute approximate surface area is 284 Å². The number of hydrogen-bond acceptors (Lipinski definition) is 6. The van der Waals surface area contributed by atoms with Crippen molar-refractivity contribution in [3.63, 3.8) is 0 Å². The molecule has 2 amide bonds. The van der Waals surface area contributed by atoms with E-state index in [9.17, 15) is 18.0 Å². The third-order valence-corrected chi connectivity index (χ3v) is 9.71. The Bertz CT molecular complexity index is 1790. The van der Waals surface area contributed by atoms with Crippen LogP contribution in [0, 0.1) is 19.8 Å². The average molecular weight is 672 g/mol. The van der Waals surface area contributed by atoms with E-state index < -0.39 is 28.5 Å². The van der Waals surface area contributed by atoms with E-state index in [-0.39, 0.29) is 41.1 Å². The van der Waals surface area contributed by atoms with Crippen LogP contribution in [0.25, 0.3) is 0 Å². The first-order valence-corrected chi connectivity index (χ1v) is 17.3. The van der Waals surface area contributed by atoms with Crippen molar-refractivity contribution >= 4 is 27.5 Å². The Morgan fingerprint density at radius 1 is 0.792 bits per heavy atom. The third kappa shape index (κ3) is 9.16. The molecule has 0 aliphatic rings. The highest BCUT2D eigenvalue weighted by atomic mass is 32.2. The molecule has 0 bridgehead atoms. The van der Waals surface area contributed by atoms with Gasteiger partial charge in [-0.3, -0.25) is 13.9 Å². The Morgan fingerprint density at radius 3 is 2.10 bits per heavy atom. The van der Waals surface area contributed by atoms with E-state index in [1.807, 2.05) is 82.3 Å². The summed E-state index contributed by atoms with van der Waals surface area (Å²) in [6.07, 6.45) is 0.232. The number of rotatable bonds is 15. The maximum Gasteiger partial charge on any atom is 0.264 e. The molecule has 0 fully saturated rings. The molecule has 10 heteroatoms. The number of amides is 2. The molecule has 0 saturated heterocycles. The molecule has 254 valence electrons. The van der Waals surface area contributed by atoms with Crippen molar-refractivity contribution in [3.8, 4) is 11.5 Å². The lowest BCUT2D eigenvalue weighted by Gasteiger charge is -2.34. The van der Waals surface area contributed by atoms with Crippen LogP contribution in [0.15, 0.2) is 102 Å². The number of nitrogens with one attached hydrogen (secondary N) is 1. The third-order valence-electron chi connectivity index (χ3n) is 7.93. The molecule has 1 atom stereocenters. The molecule has 0 aliphatic carbocycles. The summed E-state index contributed by atoms with van der Waals surface area (Å²) in [5, 5.41) is 3.01. The fourth-order valence-corrected chi connectivity index (χ4v) is 6.74. The lowest BCUT2D eigenvalue weighted by Crippen LogP contribution is -2.53. The second-order valence-electron chi connectivity index (χ2n) is 12.2. The summed E-state index contributed by atoms with van der Waals surface area (Å²) < 4.78 is 40.9.